The van der Waals surface area contributed by atoms with Crippen molar-refractivity contribution in [1.82, 2.24) is 0 Å². The molecular weight excluding hydrogens is 243 g/mol. The van der Waals surface area contributed by atoms with E-state index < -0.39 is 17.2 Å². The molecule has 0 radical (unpaired) electrons. The second-order valence-corrected chi connectivity index (χ2v) is 5.07. The van der Waals surface area contributed by atoms with Crippen molar-refractivity contribution < 1.29 is 14.3 Å². The van der Waals surface area contributed by atoms with Crippen LogP contribution in [0.25, 0.3) is 0 Å². The molecule has 0 spiro atoms. The highest BCUT2D eigenvalue weighted by Crippen LogP contribution is 2.51. The number of carboxylic acid groups (broad SMARTS) is 1. The molecule has 1 aromatic rings. The number of rotatable bonds is 3. The van der Waals surface area contributed by atoms with Gasteiger partial charge in [0.15, 0.2) is 0 Å². The lowest BCUT2D eigenvalue weighted by molar-refractivity contribution is -0.150. The van der Waals surface area contributed by atoms with E-state index in [1.165, 1.54) is 12.1 Å². The monoisotopic (exact) mass is 256 g/mol. The summed E-state index contributed by atoms with van der Waals surface area (Å²) in [5.74, 6) is -1.15. The Balaban J connectivity index is 2.46. The number of benzene rings is 1. The van der Waals surface area contributed by atoms with E-state index >= 15 is 0 Å². The van der Waals surface area contributed by atoms with Gasteiger partial charge in [0.25, 0.3) is 0 Å². The molecule has 0 aliphatic heterocycles. The largest absolute Gasteiger partial charge is 0.481 e. The Morgan fingerprint density at radius 3 is 2.71 bits per heavy atom. The van der Waals surface area contributed by atoms with Gasteiger partial charge in [0.1, 0.15) is 5.82 Å². The van der Waals surface area contributed by atoms with Crippen LogP contribution in [0.4, 0.5) is 4.39 Å². The molecule has 0 saturated heterocycles. The Hall–Kier alpha value is -1.09. The summed E-state index contributed by atoms with van der Waals surface area (Å²) >= 11 is 5.96. The van der Waals surface area contributed by atoms with E-state index in [0.29, 0.717) is 18.8 Å². The van der Waals surface area contributed by atoms with E-state index in [1.807, 2.05) is 6.92 Å². The minimum Gasteiger partial charge on any atom is -0.481 e. The molecule has 1 fully saturated rings. The first kappa shape index (κ1) is 12.4. The number of hydrogen-bond donors (Lipinski definition) is 1. The first-order valence-electron chi connectivity index (χ1n) is 5.69. The molecule has 17 heavy (non-hydrogen) atoms. The second kappa shape index (κ2) is 4.30. The summed E-state index contributed by atoms with van der Waals surface area (Å²) in [7, 11) is 0. The molecule has 1 aromatic carbocycles. The van der Waals surface area contributed by atoms with Crippen LogP contribution in [0.1, 0.15) is 31.7 Å². The fourth-order valence-electron chi connectivity index (χ4n) is 2.66. The highest BCUT2D eigenvalue weighted by Gasteiger charge is 2.53. The van der Waals surface area contributed by atoms with Crippen molar-refractivity contribution in [2.24, 2.45) is 5.92 Å². The lowest BCUT2D eigenvalue weighted by Gasteiger charge is -2.45. The van der Waals surface area contributed by atoms with Crippen LogP contribution in [0.15, 0.2) is 18.2 Å². The van der Waals surface area contributed by atoms with Crippen molar-refractivity contribution in [3.05, 3.63) is 34.6 Å². The second-order valence-electron chi connectivity index (χ2n) is 4.67. The molecule has 2 rings (SSSR count). The van der Waals surface area contributed by atoms with E-state index in [9.17, 15) is 14.3 Å². The van der Waals surface area contributed by atoms with E-state index in [4.69, 9.17) is 11.6 Å². The van der Waals surface area contributed by atoms with Gasteiger partial charge in [-0.2, -0.15) is 0 Å². The Bertz CT molecular complexity index is 432. The average Bonchev–Trinajstić information content (AvgIpc) is 2.20. The van der Waals surface area contributed by atoms with Gasteiger partial charge in [-0.15, -0.1) is 0 Å². The van der Waals surface area contributed by atoms with E-state index in [-0.39, 0.29) is 10.6 Å². The molecule has 0 bridgehead atoms. The zero-order valence-electron chi connectivity index (χ0n) is 9.54. The Kier molecular flexibility index (Phi) is 3.13. The minimum absolute atomic E-state index is 0.152. The van der Waals surface area contributed by atoms with Gasteiger partial charge in [-0.25, -0.2) is 4.39 Å². The van der Waals surface area contributed by atoms with Crippen molar-refractivity contribution in [2.75, 3.05) is 0 Å². The van der Waals surface area contributed by atoms with Gasteiger partial charge >= 0.3 is 5.97 Å². The van der Waals surface area contributed by atoms with Crippen LogP contribution < -0.4 is 0 Å². The zero-order valence-corrected chi connectivity index (χ0v) is 10.3. The highest BCUT2D eigenvalue weighted by atomic mass is 35.5. The summed E-state index contributed by atoms with van der Waals surface area (Å²) in [4.78, 5) is 11.4. The third-order valence-corrected chi connectivity index (χ3v) is 4.02. The quantitative estimate of drug-likeness (QED) is 0.897. The smallest absolute Gasteiger partial charge is 0.314 e. The fraction of sp³-hybridized carbons (Fsp3) is 0.462. The Morgan fingerprint density at radius 2 is 2.24 bits per heavy atom. The molecule has 92 valence electrons. The molecule has 0 heterocycles. The Labute approximate surface area is 104 Å². The predicted molar refractivity (Wildman–Crippen MR) is 63.7 cm³/mol. The Morgan fingerprint density at radius 1 is 1.59 bits per heavy atom. The molecule has 1 aliphatic carbocycles. The summed E-state index contributed by atoms with van der Waals surface area (Å²) in [6.07, 6.45) is 1.86. The number of carbonyl (C=O) groups is 1. The molecule has 0 amide bonds. The van der Waals surface area contributed by atoms with Crippen molar-refractivity contribution >= 4 is 17.6 Å². The summed E-state index contributed by atoms with van der Waals surface area (Å²) in [6, 6.07) is 4.31. The van der Waals surface area contributed by atoms with Crippen LogP contribution in [-0.4, -0.2) is 11.1 Å². The van der Waals surface area contributed by atoms with Gasteiger partial charge in [-0.3, -0.25) is 4.79 Å². The standard InChI is InChI=1S/C13H14ClFO2/c1-2-8-6-13(7-8,12(16)17)11-9(14)4-3-5-10(11)15/h3-5,8H,2,6-7H2,1H3,(H,16,17). The zero-order chi connectivity index (χ0) is 12.6. The first-order valence-corrected chi connectivity index (χ1v) is 6.07. The first-order chi connectivity index (χ1) is 8.01. The molecule has 0 aromatic heterocycles. The maximum atomic E-state index is 13.8. The van der Waals surface area contributed by atoms with Crippen molar-refractivity contribution in [3.63, 3.8) is 0 Å². The van der Waals surface area contributed by atoms with Crippen LogP contribution in [0.5, 0.6) is 0 Å². The molecular formula is C13H14ClFO2. The third-order valence-electron chi connectivity index (χ3n) is 3.70. The lowest BCUT2D eigenvalue weighted by Crippen LogP contribution is -2.48. The molecule has 1 aliphatic rings. The van der Waals surface area contributed by atoms with Crippen LogP contribution in [0.2, 0.25) is 5.02 Å². The topological polar surface area (TPSA) is 37.3 Å². The molecule has 1 N–H and O–H groups in total. The van der Waals surface area contributed by atoms with Crippen LogP contribution in [-0.2, 0) is 10.2 Å². The van der Waals surface area contributed by atoms with Gasteiger partial charge < -0.3 is 5.11 Å². The van der Waals surface area contributed by atoms with Gasteiger partial charge in [-0.1, -0.05) is 31.0 Å². The summed E-state index contributed by atoms with van der Waals surface area (Å²) in [6.45, 7) is 2.01. The van der Waals surface area contributed by atoms with Crippen LogP contribution in [0.3, 0.4) is 0 Å². The molecule has 4 heteroatoms. The van der Waals surface area contributed by atoms with Gasteiger partial charge in [0.05, 0.1) is 5.41 Å². The van der Waals surface area contributed by atoms with E-state index in [0.717, 1.165) is 6.42 Å². The van der Waals surface area contributed by atoms with Crippen LogP contribution in [0, 0.1) is 11.7 Å². The SMILES string of the molecule is CCC1CC(C(=O)O)(c2c(F)cccc2Cl)C1. The molecule has 0 unspecified atom stereocenters. The highest BCUT2D eigenvalue weighted by molar-refractivity contribution is 6.31. The van der Waals surface area contributed by atoms with Crippen LogP contribution >= 0.6 is 11.6 Å². The molecule has 0 atom stereocenters. The van der Waals surface area contributed by atoms with Crippen molar-refractivity contribution in [1.29, 1.82) is 0 Å². The van der Waals surface area contributed by atoms with Crippen molar-refractivity contribution in [3.8, 4) is 0 Å². The molecule has 1 saturated carbocycles. The molecule has 2 nitrogen and oxygen atoms in total. The minimum atomic E-state index is -1.12. The van der Waals surface area contributed by atoms with Crippen molar-refractivity contribution in [2.45, 2.75) is 31.6 Å². The summed E-state index contributed by atoms with van der Waals surface area (Å²) < 4.78 is 13.8. The predicted octanol–water partition coefficient (Wildman–Crippen LogP) is 3.62. The van der Waals surface area contributed by atoms with E-state index in [2.05, 4.69) is 0 Å². The number of aliphatic carboxylic acids is 1. The maximum absolute atomic E-state index is 13.8. The van der Waals surface area contributed by atoms with Gasteiger partial charge in [0.2, 0.25) is 0 Å². The van der Waals surface area contributed by atoms with Gasteiger partial charge in [0, 0.05) is 10.6 Å². The third kappa shape index (κ3) is 1.82. The van der Waals surface area contributed by atoms with E-state index in [1.54, 1.807) is 6.07 Å². The van der Waals surface area contributed by atoms with Gasteiger partial charge in [-0.05, 0) is 30.9 Å². The number of carboxylic acids is 1. The fourth-order valence-corrected chi connectivity index (χ4v) is 3.00. The summed E-state index contributed by atoms with van der Waals surface area (Å²) in [5, 5.41) is 9.58. The number of hydrogen-bond acceptors (Lipinski definition) is 1. The summed E-state index contributed by atoms with van der Waals surface area (Å²) in [5.41, 5.74) is -0.970. The lowest BCUT2D eigenvalue weighted by atomic mass is 9.58. The normalized spacial score (nSPS) is 27.6. The maximum Gasteiger partial charge on any atom is 0.314 e. The average molecular weight is 257 g/mol. The number of halogens is 2.